The largest absolute Gasteiger partial charge is 0.345 e. The second kappa shape index (κ2) is 7.62. The highest BCUT2D eigenvalue weighted by Gasteiger charge is 2.33. The molecule has 0 radical (unpaired) electrons. The molecule has 128 valence electrons. The Labute approximate surface area is 145 Å². The van der Waals surface area contributed by atoms with Crippen molar-refractivity contribution in [2.24, 2.45) is 0 Å². The molecule has 23 heavy (non-hydrogen) atoms. The highest BCUT2D eigenvalue weighted by Crippen LogP contribution is 2.21. The minimum Gasteiger partial charge on any atom is -0.345 e. The van der Waals surface area contributed by atoms with Crippen LogP contribution < -0.4 is 5.32 Å². The van der Waals surface area contributed by atoms with E-state index in [4.69, 9.17) is 12.2 Å². The molecule has 6 heteroatoms. The number of sulfone groups is 1. The molecule has 0 amide bonds. The number of hydrogen-bond donors (Lipinski definition) is 1. The molecule has 0 spiro atoms. The van der Waals surface area contributed by atoms with E-state index < -0.39 is 9.84 Å². The molecule has 1 N–H and O–H groups in total. The van der Waals surface area contributed by atoms with Crippen LogP contribution in [-0.2, 0) is 9.84 Å². The fourth-order valence-corrected chi connectivity index (χ4v) is 5.13. The van der Waals surface area contributed by atoms with E-state index in [1.54, 1.807) is 0 Å². The van der Waals surface area contributed by atoms with Crippen molar-refractivity contribution < 1.29 is 8.42 Å². The van der Waals surface area contributed by atoms with Crippen LogP contribution >= 0.6 is 12.2 Å². The standard InChI is InChI=1S/C17H26N2O2S2/c1-4-5-7-19(16-6-8-23(20,21)12-16)17(22)18-15-10-13(2)9-14(3)11-15/h9-11,16H,4-8,12H2,1-3H3,(H,18,22)/t16-/m1/s1. The van der Waals surface area contributed by atoms with Gasteiger partial charge in [0.15, 0.2) is 14.9 Å². The zero-order valence-corrected chi connectivity index (χ0v) is 15.8. The molecule has 1 heterocycles. The van der Waals surface area contributed by atoms with Gasteiger partial charge in [-0.15, -0.1) is 0 Å². The van der Waals surface area contributed by atoms with Crippen LogP contribution in [0, 0.1) is 13.8 Å². The molecule has 1 aromatic rings. The van der Waals surface area contributed by atoms with Crippen molar-refractivity contribution in [2.75, 3.05) is 23.4 Å². The molecule has 1 atom stereocenters. The van der Waals surface area contributed by atoms with E-state index in [0.29, 0.717) is 11.5 Å². The summed E-state index contributed by atoms with van der Waals surface area (Å²) in [7, 11) is -2.91. The normalized spacial score (nSPS) is 19.5. The van der Waals surface area contributed by atoms with E-state index in [2.05, 4.69) is 49.2 Å². The Bertz CT molecular complexity index is 651. The summed E-state index contributed by atoms with van der Waals surface area (Å²) in [6.07, 6.45) is 2.73. The molecule has 1 saturated heterocycles. The third-order valence-corrected chi connectivity index (χ3v) is 6.22. The molecule has 1 fully saturated rings. The number of rotatable bonds is 5. The van der Waals surface area contributed by atoms with E-state index in [-0.39, 0.29) is 17.5 Å². The number of unbranched alkanes of at least 4 members (excludes halogenated alkanes) is 1. The first kappa shape index (κ1) is 18.2. The van der Waals surface area contributed by atoms with Gasteiger partial charge in [-0.3, -0.25) is 0 Å². The number of thiocarbonyl (C=S) groups is 1. The Morgan fingerprint density at radius 3 is 2.48 bits per heavy atom. The summed E-state index contributed by atoms with van der Waals surface area (Å²) in [5.41, 5.74) is 3.33. The summed E-state index contributed by atoms with van der Waals surface area (Å²) in [6.45, 7) is 7.04. The van der Waals surface area contributed by atoms with Crippen LogP contribution in [-0.4, -0.2) is 42.5 Å². The Hall–Kier alpha value is -1.14. The van der Waals surface area contributed by atoms with Gasteiger partial charge in [-0.1, -0.05) is 19.4 Å². The number of hydrogen-bond acceptors (Lipinski definition) is 3. The Balaban J connectivity index is 2.13. The number of benzene rings is 1. The highest BCUT2D eigenvalue weighted by atomic mass is 32.2. The lowest BCUT2D eigenvalue weighted by Crippen LogP contribution is -2.44. The van der Waals surface area contributed by atoms with E-state index in [1.165, 1.54) is 11.1 Å². The van der Waals surface area contributed by atoms with Gasteiger partial charge in [-0.25, -0.2) is 8.42 Å². The van der Waals surface area contributed by atoms with Gasteiger partial charge in [0.25, 0.3) is 0 Å². The van der Waals surface area contributed by atoms with E-state index in [0.717, 1.165) is 25.1 Å². The zero-order valence-electron chi connectivity index (χ0n) is 14.1. The molecule has 2 rings (SSSR count). The Kier molecular flexibility index (Phi) is 6.03. The van der Waals surface area contributed by atoms with Crippen molar-refractivity contribution in [3.8, 4) is 0 Å². The van der Waals surface area contributed by atoms with Crippen LogP contribution in [0.3, 0.4) is 0 Å². The van der Waals surface area contributed by atoms with Crippen molar-refractivity contribution in [1.29, 1.82) is 0 Å². The van der Waals surface area contributed by atoms with Crippen LogP contribution in [0.5, 0.6) is 0 Å². The van der Waals surface area contributed by atoms with Crippen molar-refractivity contribution in [2.45, 2.75) is 46.1 Å². The number of anilines is 1. The molecular weight excluding hydrogens is 328 g/mol. The van der Waals surface area contributed by atoms with E-state index in [1.807, 2.05) is 0 Å². The third-order valence-electron chi connectivity index (χ3n) is 4.14. The molecular formula is C17H26N2O2S2. The second-order valence-corrected chi connectivity index (χ2v) is 9.03. The van der Waals surface area contributed by atoms with Crippen LogP contribution in [0.25, 0.3) is 0 Å². The van der Waals surface area contributed by atoms with Gasteiger partial charge < -0.3 is 10.2 Å². The van der Waals surface area contributed by atoms with Gasteiger partial charge in [-0.05, 0) is 62.2 Å². The first-order chi connectivity index (χ1) is 10.8. The minimum absolute atomic E-state index is 0.00236. The summed E-state index contributed by atoms with van der Waals surface area (Å²) in [6, 6.07) is 6.23. The van der Waals surface area contributed by atoms with Crippen LogP contribution in [0.4, 0.5) is 5.69 Å². The maximum Gasteiger partial charge on any atom is 0.173 e. The molecule has 0 unspecified atom stereocenters. The minimum atomic E-state index is -2.91. The maximum absolute atomic E-state index is 11.8. The Morgan fingerprint density at radius 2 is 1.96 bits per heavy atom. The highest BCUT2D eigenvalue weighted by molar-refractivity contribution is 7.91. The third kappa shape index (κ3) is 5.18. The molecule has 1 aliphatic heterocycles. The first-order valence-corrected chi connectivity index (χ1v) is 10.4. The molecule has 0 saturated carbocycles. The second-order valence-electron chi connectivity index (χ2n) is 6.41. The summed E-state index contributed by atoms with van der Waals surface area (Å²) in [5, 5.41) is 3.93. The average Bonchev–Trinajstić information content (AvgIpc) is 2.78. The van der Waals surface area contributed by atoms with Crippen molar-refractivity contribution in [1.82, 2.24) is 4.90 Å². The fourth-order valence-electron chi connectivity index (χ4n) is 3.04. The monoisotopic (exact) mass is 354 g/mol. The predicted octanol–water partition coefficient (Wildman–Crippen LogP) is 3.29. The SMILES string of the molecule is CCCCN(C(=S)Nc1cc(C)cc(C)c1)[C@@H]1CCS(=O)(=O)C1. The van der Waals surface area contributed by atoms with Gasteiger partial charge in [-0.2, -0.15) is 0 Å². The summed E-state index contributed by atoms with van der Waals surface area (Å²) >= 11 is 5.59. The van der Waals surface area contributed by atoms with Gasteiger partial charge in [0.05, 0.1) is 11.5 Å². The fraction of sp³-hybridized carbons (Fsp3) is 0.588. The molecule has 0 aliphatic carbocycles. The zero-order chi connectivity index (χ0) is 17.0. The van der Waals surface area contributed by atoms with Gasteiger partial charge in [0, 0.05) is 18.3 Å². The lowest BCUT2D eigenvalue weighted by Gasteiger charge is -2.31. The lowest BCUT2D eigenvalue weighted by atomic mass is 10.1. The average molecular weight is 355 g/mol. The molecule has 4 nitrogen and oxygen atoms in total. The van der Waals surface area contributed by atoms with Crippen LogP contribution in [0.15, 0.2) is 18.2 Å². The van der Waals surface area contributed by atoms with E-state index in [9.17, 15) is 8.42 Å². The van der Waals surface area contributed by atoms with E-state index >= 15 is 0 Å². The smallest absolute Gasteiger partial charge is 0.173 e. The van der Waals surface area contributed by atoms with Crippen LogP contribution in [0.1, 0.15) is 37.3 Å². The van der Waals surface area contributed by atoms with Gasteiger partial charge in [0.1, 0.15) is 0 Å². The topological polar surface area (TPSA) is 49.4 Å². The first-order valence-electron chi connectivity index (χ1n) is 8.17. The molecule has 1 aliphatic rings. The van der Waals surface area contributed by atoms with Crippen molar-refractivity contribution in [3.05, 3.63) is 29.3 Å². The summed E-state index contributed by atoms with van der Waals surface area (Å²) in [4.78, 5) is 2.07. The number of nitrogens with zero attached hydrogens (tertiary/aromatic N) is 1. The number of aryl methyl sites for hydroxylation is 2. The van der Waals surface area contributed by atoms with Crippen molar-refractivity contribution >= 4 is 32.9 Å². The van der Waals surface area contributed by atoms with Gasteiger partial charge in [0.2, 0.25) is 0 Å². The predicted molar refractivity (Wildman–Crippen MR) is 101 cm³/mol. The Morgan fingerprint density at radius 1 is 1.30 bits per heavy atom. The quantitative estimate of drug-likeness (QED) is 0.822. The maximum atomic E-state index is 11.8. The molecule has 1 aromatic carbocycles. The number of nitrogens with one attached hydrogen (secondary N) is 1. The lowest BCUT2D eigenvalue weighted by molar-refractivity contribution is 0.333. The van der Waals surface area contributed by atoms with Crippen molar-refractivity contribution in [3.63, 3.8) is 0 Å². The molecule has 0 bridgehead atoms. The van der Waals surface area contributed by atoms with Gasteiger partial charge >= 0.3 is 0 Å². The summed E-state index contributed by atoms with van der Waals surface area (Å²) in [5.74, 6) is 0.484. The summed E-state index contributed by atoms with van der Waals surface area (Å²) < 4.78 is 23.6. The molecule has 0 aromatic heterocycles. The van der Waals surface area contributed by atoms with Crippen LogP contribution in [0.2, 0.25) is 0 Å².